The lowest BCUT2D eigenvalue weighted by Gasteiger charge is -2.42. The van der Waals surface area contributed by atoms with Gasteiger partial charge in [0.15, 0.2) is 0 Å². The summed E-state index contributed by atoms with van der Waals surface area (Å²) in [6, 6.07) is 16.3. The van der Waals surface area contributed by atoms with E-state index < -0.39 is 11.5 Å². The first-order chi connectivity index (χ1) is 17.6. The molecule has 1 fully saturated rings. The molecule has 0 aliphatic carbocycles. The van der Waals surface area contributed by atoms with Gasteiger partial charge in [-0.1, -0.05) is 42.5 Å². The molecular weight excluding hydrogens is 468 g/mol. The number of H-pyrrole nitrogens is 1. The minimum atomic E-state index is -0.580. The van der Waals surface area contributed by atoms with Gasteiger partial charge < -0.3 is 14.6 Å². The first-order valence-electron chi connectivity index (χ1n) is 12.6. The summed E-state index contributed by atoms with van der Waals surface area (Å²) < 4.78 is 5.66. The number of carbonyl (C=O) groups is 2. The number of piperazine rings is 1. The van der Waals surface area contributed by atoms with E-state index in [0.717, 1.165) is 36.2 Å². The van der Waals surface area contributed by atoms with Crippen LogP contribution in [0.1, 0.15) is 49.2 Å². The maximum atomic E-state index is 12.9. The average Bonchev–Trinajstić information content (AvgIpc) is 3.20. The Morgan fingerprint density at radius 3 is 2.57 bits per heavy atom. The van der Waals surface area contributed by atoms with Crippen LogP contribution in [-0.2, 0) is 16.0 Å². The number of nitrogens with zero attached hydrogens (tertiary/aromatic N) is 2. The Morgan fingerprint density at radius 1 is 1.14 bits per heavy atom. The molecule has 1 aromatic heterocycles. The van der Waals surface area contributed by atoms with Crippen molar-refractivity contribution >= 4 is 29.0 Å². The van der Waals surface area contributed by atoms with Crippen molar-refractivity contribution in [3.05, 3.63) is 77.0 Å². The quantitative estimate of drug-likeness (QED) is 0.254. The molecule has 0 bridgehead atoms. The van der Waals surface area contributed by atoms with Crippen LogP contribution >= 0.6 is 0 Å². The highest BCUT2D eigenvalue weighted by Crippen LogP contribution is 2.29. The summed E-state index contributed by atoms with van der Waals surface area (Å²) in [6.45, 7) is 10.5. The second-order valence-electron chi connectivity index (χ2n) is 10.5. The molecular formula is C29H36N4O4. The molecule has 196 valence electrons. The van der Waals surface area contributed by atoms with Crippen molar-refractivity contribution in [1.29, 1.82) is 0 Å². The number of rotatable bonds is 6. The van der Waals surface area contributed by atoms with Crippen LogP contribution in [0.25, 0.3) is 17.0 Å². The lowest BCUT2D eigenvalue weighted by atomic mass is 9.99. The largest absolute Gasteiger partial charge is 0.444 e. The van der Waals surface area contributed by atoms with Gasteiger partial charge in [-0.15, -0.1) is 0 Å². The molecule has 3 N–H and O–H groups in total. The second kappa shape index (κ2) is 11.2. The average molecular weight is 505 g/mol. The zero-order valence-corrected chi connectivity index (χ0v) is 22.0. The van der Waals surface area contributed by atoms with Crippen LogP contribution in [0.4, 0.5) is 4.79 Å². The van der Waals surface area contributed by atoms with Crippen LogP contribution < -0.4 is 5.48 Å². The molecule has 1 saturated heterocycles. The van der Waals surface area contributed by atoms with E-state index in [1.807, 2.05) is 51.1 Å². The number of para-hydroxylation sites is 1. The Bertz CT molecular complexity index is 1270. The van der Waals surface area contributed by atoms with Gasteiger partial charge in [-0.05, 0) is 62.9 Å². The van der Waals surface area contributed by atoms with Crippen LogP contribution in [0.2, 0.25) is 0 Å². The van der Waals surface area contributed by atoms with Crippen LogP contribution in [0.5, 0.6) is 0 Å². The molecule has 8 nitrogen and oxygen atoms in total. The van der Waals surface area contributed by atoms with E-state index in [1.54, 1.807) is 16.5 Å². The second-order valence-corrected chi connectivity index (χ2v) is 10.5. The lowest BCUT2D eigenvalue weighted by Crippen LogP contribution is -2.51. The Kier molecular flexibility index (Phi) is 8.00. The Labute approximate surface area is 217 Å². The monoisotopic (exact) mass is 504 g/mol. The van der Waals surface area contributed by atoms with Crippen LogP contribution in [0, 0.1) is 6.92 Å². The number of aryl methyl sites for hydroxylation is 1. The minimum Gasteiger partial charge on any atom is -0.444 e. The first-order valence-corrected chi connectivity index (χ1v) is 12.6. The van der Waals surface area contributed by atoms with Crippen LogP contribution in [0.15, 0.2) is 54.6 Å². The molecule has 1 unspecified atom stereocenters. The summed E-state index contributed by atoms with van der Waals surface area (Å²) in [7, 11) is 0. The van der Waals surface area contributed by atoms with Gasteiger partial charge in [-0.2, -0.15) is 0 Å². The van der Waals surface area contributed by atoms with Crippen molar-refractivity contribution in [2.45, 2.75) is 45.8 Å². The van der Waals surface area contributed by atoms with Gasteiger partial charge >= 0.3 is 6.09 Å². The van der Waals surface area contributed by atoms with Gasteiger partial charge in [0.1, 0.15) is 5.60 Å². The fourth-order valence-electron chi connectivity index (χ4n) is 4.85. The van der Waals surface area contributed by atoms with E-state index >= 15 is 0 Å². The molecule has 2 aromatic carbocycles. The summed E-state index contributed by atoms with van der Waals surface area (Å²) in [5.41, 5.74) is 6.64. The van der Waals surface area contributed by atoms with Crippen molar-refractivity contribution in [2.75, 3.05) is 26.2 Å². The third kappa shape index (κ3) is 6.58. The Balaban J connectivity index is 1.55. The van der Waals surface area contributed by atoms with E-state index in [-0.39, 0.29) is 12.1 Å². The third-order valence-corrected chi connectivity index (χ3v) is 6.68. The molecule has 1 aliphatic heterocycles. The van der Waals surface area contributed by atoms with Crippen molar-refractivity contribution < 1.29 is 19.5 Å². The van der Waals surface area contributed by atoms with Crippen LogP contribution in [0.3, 0.4) is 0 Å². The van der Waals surface area contributed by atoms with Gasteiger partial charge in [0, 0.05) is 48.9 Å². The van der Waals surface area contributed by atoms with Crippen molar-refractivity contribution in [3.63, 3.8) is 0 Å². The maximum Gasteiger partial charge on any atom is 0.410 e. The maximum absolute atomic E-state index is 12.9. The zero-order chi connectivity index (χ0) is 26.6. The molecule has 4 rings (SSSR count). The molecule has 0 saturated carbocycles. The van der Waals surface area contributed by atoms with E-state index in [4.69, 9.17) is 9.94 Å². The highest BCUT2D eigenvalue weighted by Gasteiger charge is 2.33. The topological polar surface area (TPSA) is 97.9 Å². The fourth-order valence-corrected chi connectivity index (χ4v) is 4.85. The molecule has 2 heterocycles. The molecule has 1 atom stereocenters. The molecule has 0 radical (unpaired) electrons. The minimum absolute atomic E-state index is 0.00514. The van der Waals surface area contributed by atoms with E-state index in [9.17, 15) is 9.59 Å². The number of benzene rings is 2. The first kappa shape index (κ1) is 26.4. The van der Waals surface area contributed by atoms with Crippen molar-refractivity contribution in [2.24, 2.45) is 0 Å². The van der Waals surface area contributed by atoms with Crippen molar-refractivity contribution in [3.8, 4) is 0 Å². The third-order valence-electron chi connectivity index (χ3n) is 6.68. The number of hydrogen-bond acceptors (Lipinski definition) is 5. The molecule has 37 heavy (non-hydrogen) atoms. The molecule has 8 heteroatoms. The number of hydrogen-bond donors (Lipinski definition) is 3. The van der Waals surface area contributed by atoms with Gasteiger partial charge in [0.2, 0.25) is 0 Å². The predicted octanol–water partition coefficient (Wildman–Crippen LogP) is 4.83. The predicted molar refractivity (Wildman–Crippen MR) is 144 cm³/mol. The number of hydroxylamine groups is 1. The highest BCUT2D eigenvalue weighted by atomic mass is 16.6. The molecule has 1 aliphatic rings. The number of fused-ring (bicyclic) bond motifs is 1. The van der Waals surface area contributed by atoms with Crippen LogP contribution in [-0.4, -0.2) is 63.8 Å². The summed E-state index contributed by atoms with van der Waals surface area (Å²) in [6.07, 6.45) is 3.52. The number of amides is 2. The lowest BCUT2D eigenvalue weighted by molar-refractivity contribution is -0.124. The normalized spacial score (nSPS) is 16.9. The summed E-state index contributed by atoms with van der Waals surface area (Å²) in [5.74, 6) is -0.580. The Morgan fingerprint density at radius 2 is 1.86 bits per heavy atom. The van der Waals surface area contributed by atoms with E-state index in [1.165, 1.54) is 22.7 Å². The Hall–Kier alpha value is -3.62. The SMILES string of the molecule is Cc1[nH]c2ccccc2c1CCN1CCN(C(=O)OC(C)(C)C)CC1c1ccc(C=CC(=O)NO)cc1. The summed E-state index contributed by atoms with van der Waals surface area (Å²) >= 11 is 0. The molecule has 0 spiro atoms. The van der Waals surface area contributed by atoms with Gasteiger partial charge in [-0.25, -0.2) is 10.3 Å². The molecule has 3 aromatic rings. The highest BCUT2D eigenvalue weighted by molar-refractivity contribution is 5.90. The van der Waals surface area contributed by atoms with Gasteiger partial charge in [0.25, 0.3) is 5.91 Å². The number of ether oxygens (including phenoxy) is 1. The van der Waals surface area contributed by atoms with E-state index in [0.29, 0.717) is 13.1 Å². The summed E-state index contributed by atoms with van der Waals surface area (Å²) in [4.78, 5) is 31.9. The smallest absolute Gasteiger partial charge is 0.410 e. The number of carbonyl (C=O) groups excluding carboxylic acids is 2. The zero-order valence-electron chi connectivity index (χ0n) is 22.0. The van der Waals surface area contributed by atoms with E-state index in [2.05, 4.69) is 35.0 Å². The summed E-state index contributed by atoms with van der Waals surface area (Å²) in [5, 5.41) is 9.95. The fraction of sp³-hybridized carbons (Fsp3) is 0.379. The number of aromatic amines is 1. The van der Waals surface area contributed by atoms with Crippen molar-refractivity contribution in [1.82, 2.24) is 20.3 Å². The molecule has 2 amide bonds. The number of aromatic nitrogens is 1. The number of nitrogens with one attached hydrogen (secondary N) is 2. The van der Waals surface area contributed by atoms with Gasteiger partial charge in [0.05, 0.1) is 6.04 Å². The van der Waals surface area contributed by atoms with Gasteiger partial charge in [-0.3, -0.25) is 14.9 Å². The standard InChI is InChI=1S/C29H36N4O4/c1-20-23(24-7-5-6-8-25(24)30-20)15-16-32-17-18-33(28(35)37-29(2,3)4)19-26(32)22-12-9-21(10-13-22)11-14-27(34)31-36/h5-14,26,30,36H,15-19H2,1-4H3,(H,31,34).